The van der Waals surface area contributed by atoms with Gasteiger partial charge < -0.3 is 10.2 Å². The van der Waals surface area contributed by atoms with Crippen LogP contribution in [0.1, 0.15) is 116 Å². The standard InChI is InChI=1S/C23H41F3O3/c1-2-3-4-5-6-7-8-9-10-11-12-13-14-15-16-17-18-19-20-22(29,21(27)28)23(24,25)26/h18-19,29H,2-17,20H2,1H3,(H,27,28)/b19-18-/t22-/m0/s1. The summed E-state index contributed by atoms with van der Waals surface area (Å²) in [5.74, 6) is -2.26. The van der Waals surface area contributed by atoms with Gasteiger partial charge in [0.1, 0.15) is 0 Å². The number of hydrogen-bond acceptors (Lipinski definition) is 2. The molecule has 0 aliphatic rings. The van der Waals surface area contributed by atoms with Crippen LogP contribution in [-0.2, 0) is 4.79 Å². The highest BCUT2D eigenvalue weighted by molar-refractivity contribution is 5.78. The van der Waals surface area contributed by atoms with Gasteiger partial charge >= 0.3 is 12.1 Å². The molecule has 3 nitrogen and oxygen atoms in total. The molecule has 1 atom stereocenters. The molecule has 0 saturated heterocycles. The Morgan fingerprint density at radius 1 is 0.724 bits per heavy atom. The second-order valence-corrected chi connectivity index (χ2v) is 8.08. The number of alkyl halides is 3. The summed E-state index contributed by atoms with van der Waals surface area (Å²) in [6, 6.07) is 0. The van der Waals surface area contributed by atoms with E-state index in [9.17, 15) is 23.1 Å². The van der Waals surface area contributed by atoms with E-state index in [2.05, 4.69) is 6.92 Å². The molecule has 0 aromatic carbocycles. The molecule has 0 bridgehead atoms. The number of aliphatic carboxylic acids is 1. The van der Waals surface area contributed by atoms with Crippen molar-refractivity contribution in [2.75, 3.05) is 0 Å². The van der Waals surface area contributed by atoms with Gasteiger partial charge in [0.25, 0.3) is 5.60 Å². The van der Waals surface area contributed by atoms with Crippen LogP contribution < -0.4 is 0 Å². The lowest BCUT2D eigenvalue weighted by atomic mass is 9.98. The third-order valence-electron chi connectivity index (χ3n) is 5.38. The average molecular weight is 423 g/mol. The fraction of sp³-hybridized carbons (Fsp3) is 0.870. The Labute approximate surface area is 174 Å². The van der Waals surface area contributed by atoms with Crippen LogP contribution in [0, 0.1) is 0 Å². The van der Waals surface area contributed by atoms with Gasteiger partial charge in [-0.05, 0) is 12.8 Å². The Hall–Kier alpha value is -1.04. The molecule has 6 heteroatoms. The quantitative estimate of drug-likeness (QED) is 0.167. The zero-order chi connectivity index (χ0) is 22.0. The molecule has 0 aliphatic heterocycles. The molecule has 2 N–H and O–H groups in total. The highest BCUT2D eigenvalue weighted by Crippen LogP contribution is 2.33. The lowest BCUT2D eigenvalue weighted by Crippen LogP contribution is -2.51. The van der Waals surface area contributed by atoms with Gasteiger partial charge in [-0.2, -0.15) is 13.2 Å². The fourth-order valence-corrected chi connectivity index (χ4v) is 3.33. The topological polar surface area (TPSA) is 57.5 Å². The SMILES string of the molecule is CCCCCCCCCCCCCCCCC/C=C\C[C@](O)(C(=O)O)C(F)(F)F. The van der Waals surface area contributed by atoms with E-state index in [1.807, 2.05) is 0 Å². The maximum Gasteiger partial charge on any atom is 0.428 e. The van der Waals surface area contributed by atoms with E-state index in [-0.39, 0.29) is 0 Å². The summed E-state index contributed by atoms with van der Waals surface area (Å²) < 4.78 is 37.8. The number of rotatable bonds is 19. The highest BCUT2D eigenvalue weighted by atomic mass is 19.4. The van der Waals surface area contributed by atoms with E-state index >= 15 is 0 Å². The third-order valence-corrected chi connectivity index (χ3v) is 5.38. The Kier molecular flexibility index (Phi) is 16.1. The summed E-state index contributed by atoms with van der Waals surface area (Å²) in [6.07, 6.45) is 16.0. The van der Waals surface area contributed by atoms with Gasteiger partial charge in [0.05, 0.1) is 0 Å². The van der Waals surface area contributed by atoms with Gasteiger partial charge in [-0.1, -0.05) is 109 Å². The predicted octanol–water partition coefficient (Wildman–Crippen LogP) is 7.57. The smallest absolute Gasteiger partial charge is 0.428 e. The molecule has 0 radical (unpaired) electrons. The van der Waals surface area contributed by atoms with Crippen molar-refractivity contribution < 1.29 is 28.2 Å². The van der Waals surface area contributed by atoms with Crippen molar-refractivity contribution in [1.82, 2.24) is 0 Å². The summed E-state index contributed by atoms with van der Waals surface area (Å²) in [7, 11) is 0. The van der Waals surface area contributed by atoms with E-state index in [0.717, 1.165) is 25.3 Å². The monoisotopic (exact) mass is 422 g/mol. The number of carbonyl (C=O) groups is 1. The minimum Gasteiger partial charge on any atom is -0.479 e. The first-order valence-electron chi connectivity index (χ1n) is 11.4. The fourth-order valence-electron chi connectivity index (χ4n) is 3.33. The van der Waals surface area contributed by atoms with Crippen molar-refractivity contribution in [1.29, 1.82) is 0 Å². The van der Waals surface area contributed by atoms with Gasteiger partial charge in [0.15, 0.2) is 0 Å². The van der Waals surface area contributed by atoms with E-state index < -0.39 is 24.2 Å². The lowest BCUT2D eigenvalue weighted by Gasteiger charge is -2.24. The van der Waals surface area contributed by atoms with Crippen LogP contribution in [0.4, 0.5) is 13.2 Å². The van der Waals surface area contributed by atoms with Crippen LogP contribution in [0.3, 0.4) is 0 Å². The highest BCUT2D eigenvalue weighted by Gasteiger charge is 2.59. The Bertz CT molecular complexity index is 436. The van der Waals surface area contributed by atoms with E-state index in [1.165, 1.54) is 83.1 Å². The van der Waals surface area contributed by atoms with Crippen LogP contribution in [0.2, 0.25) is 0 Å². The first-order valence-corrected chi connectivity index (χ1v) is 11.4. The summed E-state index contributed by atoms with van der Waals surface area (Å²) in [5, 5.41) is 17.9. The van der Waals surface area contributed by atoms with Crippen molar-refractivity contribution in [2.24, 2.45) is 0 Å². The molecule has 0 rings (SSSR count). The van der Waals surface area contributed by atoms with Gasteiger partial charge in [-0.15, -0.1) is 0 Å². The van der Waals surface area contributed by atoms with Crippen molar-refractivity contribution >= 4 is 5.97 Å². The molecular formula is C23H41F3O3. The second kappa shape index (κ2) is 16.7. The first-order chi connectivity index (χ1) is 13.8. The normalized spacial score (nSPS) is 14.4. The maximum absolute atomic E-state index is 12.6. The molecule has 0 saturated carbocycles. The van der Waals surface area contributed by atoms with Crippen LogP contribution in [0.5, 0.6) is 0 Å². The molecule has 29 heavy (non-hydrogen) atoms. The van der Waals surface area contributed by atoms with Gasteiger partial charge in [-0.3, -0.25) is 0 Å². The van der Waals surface area contributed by atoms with Crippen molar-refractivity contribution in [3.05, 3.63) is 12.2 Å². The largest absolute Gasteiger partial charge is 0.479 e. The van der Waals surface area contributed by atoms with Crippen LogP contribution in [0.15, 0.2) is 12.2 Å². The van der Waals surface area contributed by atoms with E-state index in [0.29, 0.717) is 6.42 Å². The van der Waals surface area contributed by atoms with E-state index in [4.69, 9.17) is 5.11 Å². The third kappa shape index (κ3) is 13.7. The van der Waals surface area contributed by atoms with Gasteiger partial charge in [0.2, 0.25) is 0 Å². The zero-order valence-corrected chi connectivity index (χ0v) is 18.1. The average Bonchev–Trinajstić information content (AvgIpc) is 2.65. The van der Waals surface area contributed by atoms with Crippen LogP contribution in [0.25, 0.3) is 0 Å². The molecule has 0 heterocycles. The van der Waals surface area contributed by atoms with Crippen molar-refractivity contribution in [2.45, 2.75) is 128 Å². The molecule has 0 spiro atoms. The molecule has 0 fully saturated rings. The minimum atomic E-state index is -5.18. The number of aliphatic hydroxyl groups is 1. The van der Waals surface area contributed by atoms with E-state index in [1.54, 1.807) is 0 Å². The number of allylic oxidation sites excluding steroid dienone is 1. The Balaban J connectivity index is 3.49. The lowest BCUT2D eigenvalue weighted by molar-refractivity contribution is -0.258. The minimum absolute atomic E-state index is 0.603. The predicted molar refractivity (Wildman–Crippen MR) is 112 cm³/mol. The number of unbranched alkanes of at least 4 members (excludes halogenated alkanes) is 15. The summed E-state index contributed by atoms with van der Waals surface area (Å²) in [6.45, 7) is 2.24. The number of carboxylic acid groups (broad SMARTS) is 1. The summed E-state index contributed by atoms with van der Waals surface area (Å²) >= 11 is 0. The molecule has 172 valence electrons. The number of hydrogen-bond donors (Lipinski definition) is 2. The molecule has 0 unspecified atom stereocenters. The van der Waals surface area contributed by atoms with Crippen LogP contribution >= 0.6 is 0 Å². The number of halogens is 3. The summed E-state index contributed by atoms with van der Waals surface area (Å²) in [4.78, 5) is 10.7. The molecule has 0 aliphatic carbocycles. The molecule has 0 aromatic heterocycles. The first kappa shape index (κ1) is 28.0. The summed E-state index contributed by atoms with van der Waals surface area (Å²) in [5.41, 5.74) is -3.70. The van der Waals surface area contributed by atoms with Gasteiger partial charge in [-0.25, -0.2) is 4.79 Å². The van der Waals surface area contributed by atoms with Crippen LogP contribution in [-0.4, -0.2) is 28.0 Å². The molecule has 0 aromatic rings. The number of carboxylic acids is 1. The Morgan fingerprint density at radius 3 is 1.45 bits per heavy atom. The van der Waals surface area contributed by atoms with Gasteiger partial charge in [0, 0.05) is 6.42 Å². The molecule has 0 amide bonds. The Morgan fingerprint density at radius 2 is 1.10 bits per heavy atom. The zero-order valence-electron chi connectivity index (χ0n) is 18.1. The maximum atomic E-state index is 12.6. The van der Waals surface area contributed by atoms with Crippen molar-refractivity contribution in [3.63, 3.8) is 0 Å². The second-order valence-electron chi connectivity index (χ2n) is 8.08. The molecular weight excluding hydrogens is 381 g/mol. The van der Waals surface area contributed by atoms with Crippen molar-refractivity contribution in [3.8, 4) is 0 Å².